The number of amides is 1. The van der Waals surface area contributed by atoms with Gasteiger partial charge in [-0.1, -0.05) is 43.3 Å². The Hall–Kier alpha value is -3.53. The number of Topliss-reactive ketones (excluding diaryl/α,β-unsaturated/α-hetero) is 1. The van der Waals surface area contributed by atoms with Crippen LogP contribution in [0.15, 0.2) is 54.7 Å². The number of hydrogen-bond acceptors (Lipinski definition) is 6. The Morgan fingerprint density at radius 3 is 2.19 bits per heavy atom. The monoisotopic (exact) mass is 511 g/mol. The van der Waals surface area contributed by atoms with Crippen LogP contribution in [-0.2, 0) is 22.4 Å². The summed E-state index contributed by atoms with van der Waals surface area (Å²) in [4.78, 5) is 40.0. The number of aliphatic carboxylic acids is 1. The van der Waals surface area contributed by atoms with E-state index in [0.29, 0.717) is 24.1 Å². The van der Waals surface area contributed by atoms with E-state index in [2.05, 4.69) is 4.98 Å². The topological polar surface area (TPSA) is 127 Å². The van der Waals surface area contributed by atoms with E-state index in [1.807, 2.05) is 31.2 Å². The van der Waals surface area contributed by atoms with E-state index < -0.39 is 24.3 Å². The molecule has 0 aliphatic rings. The van der Waals surface area contributed by atoms with Crippen molar-refractivity contribution in [1.82, 2.24) is 9.38 Å². The van der Waals surface area contributed by atoms with Crippen molar-refractivity contribution in [2.24, 2.45) is 5.73 Å². The Morgan fingerprint density at radius 1 is 1.05 bits per heavy atom. The zero-order chi connectivity index (χ0) is 26.0. The second-order valence-electron chi connectivity index (χ2n) is 8.29. The number of ketones is 1. The molecule has 2 heterocycles. The van der Waals surface area contributed by atoms with Gasteiger partial charge < -0.3 is 24.8 Å². The summed E-state index contributed by atoms with van der Waals surface area (Å²) in [6.45, 7) is 2.77. The van der Waals surface area contributed by atoms with Gasteiger partial charge in [0.25, 0.3) is 11.7 Å². The zero-order valence-corrected chi connectivity index (χ0v) is 22.7. The van der Waals surface area contributed by atoms with E-state index in [0.717, 1.165) is 22.4 Å². The Morgan fingerprint density at radius 2 is 1.65 bits per heavy atom. The van der Waals surface area contributed by atoms with Crippen molar-refractivity contribution in [3.05, 3.63) is 88.6 Å². The van der Waals surface area contributed by atoms with Crippen molar-refractivity contribution >= 4 is 23.2 Å². The molecule has 2 aromatic heterocycles. The molecular weight excluding hydrogens is 488 g/mol. The second-order valence-corrected chi connectivity index (χ2v) is 8.29. The van der Waals surface area contributed by atoms with Gasteiger partial charge in [0.05, 0.1) is 17.2 Å². The summed E-state index contributed by atoms with van der Waals surface area (Å²) in [7, 11) is 0. The first-order valence-corrected chi connectivity index (χ1v) is 11.2. The average Bonchev–Trinajstić information content (AvgIpc) is 3.15. The molecule has 0 aliphatic heterocycles. The molecule has 0 spiro atoms. The van der Waals surface area contributed by atoms with Crippen molar-refractivity contribution in [1.29, 1.82) is 0 Å². The number of carboxylic acid groups (broad SMARTS) is 1. The van der Waals surface area contributed by atoms with E-state index in [9.17, 15) is 23.9 Å². The number of carbonyl (C=O) groups excluding carboxylic acids is 3. The van der Waals surface area contributed by atoms with E-state index >= 15 is 0 Å². The van der Waals surface area contributed by atoms with E-state index in [1.165, 1.54) is 12.1 Å². The number of carboxylic acids is 1. The van der Waals surface area contributed by atoms with Gasteiger partial charge in [0.15, 0.2) is 0 Å². The van der Waals surface area contributed by atoms with Gasteiger partial charge in [0, 0.05) is 18.3 Å². The average molecular weight is 511 g/mol. The predicted octanol–water partition coefficient (Wildman–Crippen LogP) is -0.597. The molecule has 2 N–H and O–H groups in total. The minimum atomic E-state index is -1.46. The molecule has 0 saturated carbocycles. The van der Waals surface area contributed by atoms with Gasteiger partial charge >= 0.3 is 29.6 Å². The van der Waals surface area contributed by atoms with Crippen LogP contribution in [0.4, 0.5) is 4.39 Å². The van der Waals surface area contributed by atoms with Gasteiger partial charge in [0.2, 0.25) is 5.88 Å². The molecule has 4 aromatic rings. The van der Waals surface area contributed by atoms with Crippen LogP contribution >= 0.6 is 0 Å². The number of primary amides is 1. The number of fused-ring (bicyclic) bond motifs is 1. The molecule has 0 unspecified atom stereocenters. The molecule has 0 bridgehead atoms. The maximum atomic E-state index is 13.3. The Labute approximate surface area is 234 Å². The number of carbonyl (C=O) groups is 3. The number of nitrogens with two attached hydrogens (primary N) is 1. The minimum absolute atomic E-state index is 0. The second kappa shape index (κ2) is 11.7. The van der Waals surface area contributed by atoms with Gasteiger partial charge in [0.1, 0.15) is 17.9 Å². The molecule has 0 saturated heterocycles. The predicted molar refractivity (Wildman–Crippen MR) is 128 cm³/mol. The molecule has 0 atom stereocenters. The zero-order valence-electron chi connectivity index (χ0n) is 20.7. The standard InChI is InChI=1S/C27H24FN3O5.Na/c1-3-20-21(12-16-4-6-17(7-5-16)18-8-10-19(28)11-9-18)31-13-15(2)30-27(36-14-22(32)33)24(31)23(20)25(34)26(29)35;/h4-11,13H,3,12,14H2,1-2H3,(H2,29,35)(H,32,33);/q;+1/p-1. The molecule has 0 aliphatic carbocycles. The number of aromatic nitrogens is 2. The summed E-state index contributed by atoms with van der Waals surface area (Å²) < 4.78 is 20.3. The van der Waals surface area contributed by atoms with Crippen LogP contribution < -0.4 is 45.1 Å². The van der Waals surface area contributed by atoms with E-state index in [4.69, 9.17) is 10.5 Å². The summed E-state index contributed by atoms with van der Waals surface area (Å²) in [6, 6.07) is 13.9. The first kappa shape index (κ1) is 28.0. The first-order chi connectivity index (χ1) is 17.2. The third kappa shape index (κ3) is 5.90. The third-order valence-electron chi connectivity index (χ3n) is 5.85. The van der Waals surface area contributed by atoms with Crippen molar-refractivity contribution < 1.29 is 58.2 Å². The van der Waals surface area contributed by atoms with Crippen LogP contribution in [0.25, 0.3) is 16.6 Å². The van der Waals surface area contributed by atoms with Gasteiger partial charge in [-0.2, -0.15) is 0 Å². The molecule has 4 rings (SSSR count). The minimum Gasteiger partial charge on any atom is -0.546 e. The largest absolute Gasteiger partial charge is 1.00 e. The number of ether oxygens (including phenoxy) is 1. The molecule has 2 aromatic carbocycles. The van der Waals surface area contributed by atoms with Gasteiger partial charge in [-0.05, 0) is 47.7 Å². The van der Waals surface area contributed by atoms with Gasteiger partial charge in [-0.15, -0.1) is 0 Å². The normalized spacial score (nSPS) is 10.7. The van der Waals surface area contributed by atoms with E-state index in [-0.39, 0.29) is 52.3 Å². The molecular formula is C27H23FN3NaO5. The smallest absolute Gasteiger partial charge is 0.546 e. The van der Waals surface area contributed by atoms with Crippen molar-refractivity contribution in [3.63, 3.8) is 0 Å². The third-order valence-corrected chi connectivity index (χ3v) is 5.85. The quantitative estimate of drug-likeness (QED) is 0.182. The summed E-state index contributed by atoms with van der Waals surface area (Å²) in [5, 5.41) is 11.0. The van der Waals surface area contributed by atoms with Crippen LogP contribution in [0, 0.1) is 12.7 Å². The fraction of sp³-hybridized carbons (Fsp3) is 0.185. The number of halogens is 1. The molecule has 37 heavy (non-hydrogen) atoms. The van der Waals surface area contributed by atoms with E-state index in [1.54, 1.807) is 29.7 Å². The van der Waals surface area contributed by atoms with Crippen molar-refractivity contribution in [3.8, 4) is 17.0 Å². The molecule has 8 nitrogen and oxygen atoms in total. The number of benzene rings is 2. The van der Waals surface area contributed by atoms with Crippen molar-refractivity contribution in [2.75, 3.05) is 6.61 Å². The molecule has 0 radical (unpaired) electrons. The Kier molecular flexibility index (Phi) is 8.85. The first-order valence-electron chi connectivity index (χ1n) is 11.2. The van der Waals surface area contributed by atoms with Gasteiger partial charge in [-0.25, -0.2) is 9.37 Å². The summed E-state index contributed by atoms with van der Waals surface area (Å²) >= 11 is 0. The Bertz CT molecular complexity index is 1480. The number of rotatable bonds is 9. The van der Waals surface area contributed by atoms with Crippen LogP contribution in [0.1, 0.15) is 39.8 Å². The molecule has 184 valence electrons. The molecule has 1 amide bonds. The number of nitrogens with zero attached hydrogens (tertiary/aromatic N) is 2. The maximum Gasteiger partial charge on any atom is 1.00 e. The van der Waals surface area contributed by atoms with Crippen LogP contribution in [0.2, 0.25) is 0 Å². The summed E-state index contributed by atoms with van der Waals surface area (Å²) in [6.07, 6.45) is 2.49. The number of aryl methyl sites for hydroxylation is 1. The van der Waals surface area contributed by atoms with Crippen LogP contribution in [-0.4, -0.2) is 33.7 Å². The fourth-order valence-electron chi connectivity index (χ4n) is 4.29. The SMILES string of the molecule is CCc1c(C(=O)C(N)=O)c2c(OCC(=O)[O-])nc(C)cn2c1Cc1ccc(-c2ccc(F)cc2)cc1.[Na+]. The molecule has 10 heteroatoms. The van der Waals surface area contributed by atoms with Crippen LogP contribution in [0.3, 0.4) is 0 Å². The van der Waals surface area contributed by atoms with Crippen LogP contribution in [0.5, 0.6) is 5.88 Å². The van der Waals surface area contributed by atoms with Gasteiger partial charge in [-0.3, -0.25) is 9.59 Å². The number of hydrogen-bond donors (Lipinski definition) is 1. The Balaban J connectivity index is 0.00000380. The summed E-state index contributed by atoms with van der Waals surface area (Å²) in [5.41, 5.74) is 10.1. The van der Waals surface area contributed by atoms with Crippen molar-refractivity contribution in [2.45, 2.75) is 26.7 Å². The molecule has 0 fully saturated rings. The summed E-state index contributed by atoms with van der Waals surface area (Å²) in [5.74, 6) is -3.92. The maximum absolute atomic E-state index is 13.3. The fourth-order valence-corrected chi connectivity index (χ4v) is 4.29.